The Bertz CT molecular complexity index is 1130. The van der Waals surface area contributed by atoms with Crippen molar-refractivity contribution in [3.8, 4) is 17.4 Å². The number of nitrogens with zero attached hydrogens (tertiary/aromatic N) is 4. The predicted molar refractivity (Wildman–Crippen MR) is 109 cm³/mol. The van der Waals surface area contributed by atoms with Crippen molar-refractivity contribution in [1.29, 1.82) is 0 Å². The molecule has 1 aliphatic rings. The van der Waals surface area contributed by atoms with E-state index in [4.69, 9.17) is 21.7 Å². The minimum absolute atomic E-state index is 0.0184. The summed E-state index contributed by atoms with van der Waals surface area (Å²) in [4.78, 5) is 25.0. The quantitative estimate of drug-likeness (QED) is 0.762. The van der Waals surface area contributed by atoms with Crippen LogP contribution in [0, 0.1) is 4.77 Å². The van der Waals surface area contributed by atoms with Crippen molar-refractivity contribution in [2.75, 3.05) is 14.2 Å². The van der Waals surface area contributed by atoms with E-state index in [1.165, 1.54) is 35.2 Å². The van der Waals surface area contributed by atoms with Crippen LogP contribution in [0.15, 0.2) is 28.1 Å². The molecule has 0 spiro atoms. The SMILES string of the molecule is COc1ccc([C@@H]2CC(c3c(O)n(C)c(=S)n(C)c3=O)=NN2C(C)=O)c(OC)c1. The van der Waals surface area contributed by atoms with Gasteiger partial charge in [-0.2, -0.15) is 5.10 Å². The second-order valence-corrected chi connectivity index (χ2v) is 7.01. The molecule has 1 aromatic heterocycles. The standard InChI is InChI=1S/C19H22N4O5S/c1-10(24)23-14(12-7-6-11(27-4)8-15(12)28-5)9-13(20-23)16-17(25)21(2)19(29)22(3)18(16)26/h6-8,14,25H,9H2,1-5H3/t14-/m0/s1. The Morgan fingerprint density at radius 1 is 1.24 bits per heavy atom. The number of carbonyl (C=O) groups is 1. The zero-order valence-corrected chi connectivity index (χ0v) is 17.6. The van der Waals surface area contributed by atoms with Crippen LogP contribution in [0.1, 0.15) is 30.5 Å². The van der Waals surface area contributed by atoms with Crippen molar-refractivity contribution in [3.63, 3.8) is 0 Å². The Balaban J connectivity index is 2.14. The molecule has 2 heterocycles. The average Bonchev–Trinajstić information content (AvgIpc) is 3.15. The van der Waals surface area contributed by atoms with Gasteiger partial charge in [-0.1, -0.05) is 0 Å². The first-order chi connectivity index (χ1) is 13.7. The molecule has 0 saturated heterocycles. The van der Waals surface area contributed by atoms with E-state index in [1.807, 2.05) is 0 Å². The molecule has 1 N–H and O–H groups in total. The number of ether oxygens (including phenoxy) is 2. The molecule has 154 valence electrons. The maximum absolute atomic E-state index is 12.8. The molecule has 1 atom stereocenters. The fraction of sp³-hybridized carbons (Fsp3) is 0.368. The highest BCUT2D eigenvalue weighted by atomic mass is 32.1. The van der Waals surface area contributed by atoms with E-state index in [9.17, 15) is 14.7 Å². The summed E-state index contributed by atoms with van der Waals surface area (Å²) in [6.07, 6.45) is 0.224. The minimum atomic E-state index is -0.499. The third-order valence-corrected chi connectivity index (χ3v) is 5.50. The first-order valence-corrected chi connectivity index (χ1v) is 9.20. The van der Waals surface area contributed by atoms with E-state index in [2.05, 4.69) is 5.10 Å². The molecule has 0 saturated carbocycles. The first kappa shape index (κ1) is 20.6. The van der Waals surface area contributed by atoms with E-state index in [0.717, 1.165) is 0 Å². The van der Waals surface area contributed by atoms with Crippen LogP contribution in [0.2, 0.25) is 0 Å². The topological polar surface area (TPSA) is 98.3 Å². The lowest BCUT2D eigenvalue weighted by molar-refractivity contribution is -0.130. The van der Waals surface area contributed by atoms with E-state index < -0.39 is 11.6 Å². The number of aromatic hydroxyl groups is 1. The molecule has 0 aliphatic carbocycles. The predicted octanol–water partition coefficient (Wildman–Crippen LogP) is 1.87. The number of benzene rings is 1. The summed E-state index contributed by atoms with van der Waals surface area (Å²) in [6.45, 7) is 1.39. The number of hydrogen-bond donors (Lipinski definition) is 1. The van der Waals surface area contributed by atoms with Gasteiger partial charge >= 0.3 is 0 Å². The van der Waals surface area contributed by atoms with Gasteiger partial charge in [-0.25, -0.2) is 5.01 Å². The van der Waals surface area contributed by atoms with Crippen LogP contribution in [0.4, 0.5) is 0 Å². The summed E-state index contributed by atoms with van der Waals surface area (Å²) in [7, 11) is 6.16. The van der Waals surface area contributed by atoms with Gasteiger partial charge in [0.05, 0.1) is 26.0 Å². The fourth-order valence-electron chi connectivity index (χ4n) is 3.37. The zero-order valence-electron chi connectivity index (χ0n) is 16.8. The Hall–Kier alpha value is -3.14. The number of hydrogen-bond acceptors (Lipinski definition) is 7. The summed E-state index contributed by atoms with van der Waals surface area (Å²) in [5.74, 6) is 0.547. The number of carbonyl (C=O) groups excluding carboxylic acids is 1. The van der Waals surface area contributed by atoms with Gasteiger partial charge in [0.1, 0.15) is 17.1 Å². The van der Waals surface area contributed by atoms with Crippen LogP contribution < -0.4 is 15.0 Å². The van der Waals surface area contributed by atoms with Crippen molar-refractivity contribution in [2.24, 2.45) is 19.2 Å². The molecule has 29 heavy (non-hydrogen) atoms. The van der Waals surface area contributed by atoms with Gasteiger partial charge in [0, 0.05) is 39.1 Å². The van der Waals surface area contributed by atoms with Crippen molar-refractivity contribution in [1.82, 2.24) is 14.1 Å². The highest BCUT2D eigenvalue weighted by Crippen LogP contribution is 2.39. The molecule has 0 fully saturated rings. The summed E-state index contributed by atoms with van der Waals surface area (Å²) in [5, 5.41) is 16.2. The Morgan fingerprint density at radius 2 is 1.93 bits per heavy atom. The maximum Gasteiger partial charge on any atom is 0.267 e. The van der Waals surface area contributed by atoms with Gasteiger partial charge in [-0.15, -0.1) is 0 Å². The lowest BCUT2D eigenvalue weighted by atomic mass is 9.98. The van der Waals surface area contributed by atoms with E-state index in [0.29, 0.717) is 22.8 Å². The highest BCUT2D eigenvalue weighted by molar-refractivity contribution is 7.71. The Morgan fingerprint density at radius 3 is 2.52 bits per heavy atom. The number of aromatic nitrogens is 2. The molecule has 1 amide bonds. The first-order valence-electron chi connectivity index (χ1n) is 8.79. The Kier molecular flexibility index (Phi) is 5.47. The lowest BCUT2D eigenvalue weighted by Crippen LogP contribution is -2.28. The van der Waals surface area contributed by atoms with Crippen LogP contribution in [-0.2, 0) is 18.9 Å². The molecule has 1 aliphatic heterocycles. The molecule has 2 aromatic rings. The van der Waals surface area contributed by atoms with Crippen LogP contribution in [0.25, 0.3) is 0 Å². The minimum Gasteiger partial charge on any atom is -0.497 e. The second-order valence-electron chi connectivity index (χ2n) is 6.64. The molecule has 0 radical (unpaired) electrons. The molecule has 10 heteroatoms. The van der Waals surface area contributed by atoms with Gasteiger partial charge < -0.3 is 14.6 Å². The van der Waals surface area contributed by atoms with Gasteiger partial charge in [0.25, 0.3) is 5.56 Å². The van der Waals surface area contributed by atoms with Crippen molar-refractivity contribution in [3.05, 3.63) is 44.5 Å². The second kappa shape index (κ2) is 7.70. The fourth-order valence-corrected chi connectivity index (χ4v) is 3.54. The van der Waals surface area contributed by atoms with E-state index in [1.54, 1.807) is 32.4 Å². The Labute approximate surface area is 172 Å². The normalized spacial score (nSPS) is 16.0. The monoisotopic (exact) mass is 418 g/mol. The average molecular weight is 418 g/mol. The third kappa shape index (κ3) is 3.39. The molecule has 0 bridgehead atoms. The summed E-state index contributed by atoms with van der Waals surface area (Å²) in [5.41, 5.74) is 0.551. The number of hydrazone groups is 1. The van der Waals surface area contributed by atoms with Crippen LogP contribution in [-0.4, -0.2) is 45.1 Å². The van der Waals surface area contributed by atoms with Gasteiger partial charge in [-0.05, 0) is 24.4 Å². The van der Waals surface area contributed by atoms with Gasteiger partial charge in [0.15, 0.2) is 4.77 Å². The van der Waals surface area contributed by atoms with Gasteiger partial charge in [-0.3, -0.25) is 18.7 Å². The number of methoxy groups -OCH3 is 2. The lowest BCUT2D eigenvalue weighted by Gasteiger charge is -2.22. The largest absolute Gasteiger partial charge is 0.497 e. The smallest absolute Gasteiger partial charge is 0.267 e. The van der Waals surface area contributed by atoms with Crippen molar-refractivity contribution < 1.29 is 19.4 Å². The highest BCUT2D eigenvalue weighted by Gasteiger charge is 2.36. The van der Waals surface area contributed by atoms with E-state index >= 15 is 0 Å². The number of amides is 1. The molecular weight excluding hydrogens is 396 g/mol. The summed E-state index contributed by atoms with van der Waals surface area (Å²) in [6, 6.07) is 4.77. The maximum atomic E-state index is 12.8. The zero-order chi connectivity index (χ0) is 21.5. The third-order valence-electron chi connectivity index (χ3n) is 4.95. The summed E-state index contributed by atoms with van der Waals surface area (Å²) >= 11 is 5.16. The number of rotatable bonds is 4. The molecule has 9 nitrogen and oxygen atoms in total. The molecule has 1 aromatic carbocycles. The van der Waals surface area contributed by atoms with E-state index in [-0.39, 0.29) is 28.5 Å². The van der Waals surface area contributed by atoms with Crippen molar-refractivity contribution >= 4 is 23.8 Å². The van der Waals surface area contributed by atoms with Gasteiger partial charge in [0.2, 0.25) is 11.8 Å². The van der Waals surface area contributed by atoms with Crippen LogP contribution >= 0.6 is 12.2 Å². The van der Waals surface area contributed by atoms with Crippen molar-refractivity contribution in [2.45, 2.75) is 19.4 Å². The van der Waals surface area contributed by atoms with Crippen LogP contribution in [0.5, 0.6) is 17.4 Å². The summed E-state index contributed by atoms with van der Waals surface area (Å²) < 4.78 is 13.5. The molecular formula is C19H22N4O5S. The molecule has 3 rings (SSSR count). The molecule has 0 unspecified atom stereocenters. The van der Waals surface area contributed by atoms with Crippen LogP contribution in [0.3, 0.4) is 0 Å².